The first-order valence-corrected chi connectivity index (χ1v) is 11.3. The van der Waals surface area contributed by atoms with Crippen LogP contribution in [0.25, 0.3) is 5.69 Å². The maximum absolute atomic E-state index is 14.3. The summed E-state index contributed by atoms with van der Waals surface area (Å²) in [6.07, 6.45) is 4.08. The summed E-state index contributed by atoms with van der Waals surface area (Å²) >= 11 is 12.6. The molecule has 2 aromatic carbocycles. The number of piperidine rings is 1. The SMILES string of the molecule is COc1cc(Cl)c(-n2cnc(N)c(C(=O)Nc3cc(F)cc([C@@H]4CCCCN4)c3)c2=O)c(Cl)c1. The molecule has 178 valence electrons. The van der Waals surface area contributed by atoms with E-state index in [2.05, 4.69) is 15.6 Å². The summed E-state index contributed by atoms with van der Waals surface area (Å²) in [5.41, 5.74) is 5.68. The van der Waals surface area contributed by atoms with E-state index >= 15 is 0 Å². The van der Waals surface area contributed by atoms with E-state index in [9.17, 15) is 14.0 Å². The van der Waals surface area contributed by atoms with Gasteiger partial charge in [-0.2, -0.15) is 0 Å². The highest BCUT2D eigenvalue weighted by molar-refractivity contribution is 6.38. The van der Waals surface area contributed by atoms with Gasteiger partial charge in [0.25, 0.3) is 11.5 Å². The van der Waals surface area contributed by atoms with Gasteiger partial charge in [-0.3, -0.25) is 14.2 Å². The van der Waals surface area contributed by atoms with Crippen molar-refractivity contribution in [1.82, 2.24) is 14.9 Å². The maximum Gasteiger partial charge on any atom is 0.273 e. The monoisotopic (exact) mass is 505 g/mol. The molecule has 4 N–H and O–H groups in total. The molecule has 1 saturated heterocycles. The molecule has 11 heteroatoms. The van der Waals surface area contributed by atoms with Gasteiger partial charge in [0.1, 0.15) is 29.3 Å². The van der Waals surface area contributed by atoms with Gasteiger partial charge in [0.2, 0.25) is 0 Å². The summed E-state index contributed by atoms with van der Waals surface area (Å²) in [6, 6.07) is 7.20. The number of carbonyl (C=O) groups excluding carboxylic acids is 1. The molecule has 2 heterocycles. The van der Waals surface area contributed by atoms with Crippen molar-refractivity contribution in [3.8, 4) is 11.4 Å². The molecule has 0 radical (unpaired) electrons. The van der Waals surface area contributed by atoms with Gasteiger partial charge in [0.15, 0.2) is 0 Å². The van der Waals surface area contributed by atoms with Crippen molar-refractivity contribution in [2.24, 2.45) is 0 Å². The smallest absolute Gasteiger partial charge is 0.273 e. The standard InChI is InChI=1S/C23H22Cl2FN5O3/c1-34-15-9-16(24)20(17(25)10-15)31-11-29-21(27)19(23(31)33)22(32)30-14-7-12(6-13(26)8-14)18-4-2-3-5-28-18/h6-11,18,28H,2-5,27H2,1H3,(H,30,32)/t18-/m0/s1. The number of amides is 1. The number of nitrogen functional groups attached to an aromatic ring is 1. The molecule has 1 amide bonds. The van der Waals surface area contributed by atoms with Crippen LogP contribution in [0.3, 0.4) is 0 Å². The van der Waals surface area contributed by atoms with Crippen LogP contribution in [-0.4, -0.2) is 29.1 Å². The number of ether oxygens (including phenoxy) is 1. The minimum atomic E-state index is -0.835. The normalized spacial score (nSPS) is 15.7. The average molecular weight is 506 g/mol. The Balaban J connectivity index is 1.69. The van der Waals surface area contributed by atoms with Gasteiger partial charge >= 0.3 is 0 Å². The molecule has 4 rings (SSSR count). The first-order chi connectivity index (χ1) is 16.3. The number of nitrogens with two attached hydrogens (primary N) is 1. The van der Waals surface area contributed by atoms with E-state index in [1.165, 1.54) is 31.4 Å². The van der Waals surface area contributed by atoms with Crippen molar-refractivity contribution >= 4 is 40.6 Å². The molecular formula is C23H22Cl2FN5O3. The van der Waals surface area contributed by atoms with Crippen molar-refractivity contribution in [2.45, 2.75) is 25.3 Å². The van der Waals surface area contributed by atoms with Crippen molar-refractivity contribution in [3.05, 3.63) is 74.0 Å². The highest BCUT2D eigenvalue weighted by Gasteiger charge is 2.22. The zero-order valence-electron chi connectivity index (χ0n) is 18.2. The van der Waals surface area contributed by atoms with Crippen molar-refractivity contribution in [3.63, 3.8) is 0 Å². The first kappa shape index (κ1) is 24.0. The number of methoxy groups -OCH3 is 1. The fraction of sp³-hybridized carbons (Fsp3) is 0.261. The van der Waals surface area contributed by atoms with Crippen molar-refractivity contribution < 1.29 is 13.9 Å². The molecule has 1 aliphatic rings. The van der Waals surface area contributed by atoms with Crippen LogP contribution in [-0.2, 0) is 0 Å². The number of anilines is 2. The minimum Gasteiger partial charge on any atom is -0.497 e. The number of nitrogens with one attached hydrogen (secondary N) is 2. The Hall–Kier alpha value is -3.14. The van der Waals surface area contributed by atoms with Crippen LogP contribution in [0, 0.1) is 5.82 Å². The summed E-state index contributed by atoms with van der Waals surface area (Å²) in [5, 5.41) is 6.12. The quantitative estimate of drug-likeness (QED) is 0.475. The predicted octanol–water partition coefficient (Wildman–Crippen LogP) is 4.34. The molecule has 1 aliphatic heterocycles. The molecule has 0 bridgehead atoms. The summed E-state index contributed by atoms with van der Waals surface area (Å²) in [7, 11) is 1.45. The topological polar surface area (TPSA) is 111 Å². The highest BCUT2D eigenvalue weighted by Crippen LogP contribution is 2.33. The fourth-order valence-corrected chi connectivity index (χ4v) is 4.59. The summed E-state index contributed by atoms with van der Waals surface area (Å²) in [5.74, 6) is -1.24. The van der Waals surface area contributed by atoms with Gasteiger partial charge in [-0.15, -0.1) is 0 Å². The van der Waals surface area contributed by atoms with Crippen LogP contribution < -0.4 is 26.7 Å². The van der Waals surface area contributed by atoms with Gasteiger partial charge in [0.05, 0.1) is 22.8 Å². The second-order valence-electron chi connectivity index (χ2n) is 7.85. The lowest BCUT2D eigenvalue weighted by molar-refractivity contribution is 0.102. The molecule has 1 aromatic heterocycles. The zero-order valence-corrected chi connectivity index (χ0v) is 19.7. The minimum absolute atomic E-state index is 0.0138. The van der Waals surface area contributed by atoms with Gasteiger partial charge < -0.3 is 21.1 Å². The first-order valence-electron chi connectivity index (χ1n) is 10.5. The number of hydrogen-bond acceptors (Lipinski definition) is 6. The van der Waals surface area contributed by atoms with Crippen LogP contribution in [0.2, 0.25) is 10.0 Å². The largest absolute Gasteiger partial charge is 0.497 e. The van der Waals surface area contributed by atoms with Crippen LogP contribution >= 0.6 is 23.2 Å². The van der Waals surface area contributed by atoms with E-state index in [4.69, 9.17) is 33.7 Å². The Morgan fingerprint density at radius 2 is 1.97 bits per heavy atom. The number of nitrogens with zero attached hydrogens (tertiary/aromatic N) is 2. The van der Waals surface area contributed by atoms with E-state index in [-0.39, 0.29) is 33.3 Å². The molecule has 8 nitrogen and oxygen atoms in total. The zero-order chi connectivity index (χ0) is 24.4. The molecule has 0 saturated carbocycles. The third-order valence-corrected chi connectivity index (χ3v) is 6.16. The summed E-state index contributed by atoms with van der Waals surface area (Å²) in [4.78, 5) is 30.2. The lowest BCUT2D eigenvalue weighted by Crippen LogP contribution is -2.31. The molecule has 34 heavy (non-hydrogen) atoms. The van der Waals surface area contributed by atoms with Crippen LogP contribution in [0.15, 0.2) is 41.5 Å². The number of hydrogen-bond donors (Lipinski definition) is 3. The van der Waals surface area contributed by atoms with Crippen LogP contribution in [0.1, 0.15) is 41.2 Å². The van der Waals surface area contributed by atoms with E-state index in [1.807, 2.05) is 0 Å². The second kappa shape index (κ2) is 10.0. The van der Waals surface area contributed by atoms with Gasteiger partial charge in [-0.25, -0.2) is 9.37 Å². The Kier molecular flexibility index (Phi) is 7.06. The maximum atomic E-state index is 14.3. The Labute approximate surface area is 204 Å². The highest BCUT2D eigenvalue weighted by atomic mass is 35.5. The molecule has 0 spiro atoms. The Morgan fingerprint density at radius 1 is 1.24 bits per heavy atom. The van der Waals surface area contributed by atoms with Crippen molar-refractivity contribution in [2.75, 3.05) is 24.7 Å². The lowest BCUT2D eigenvalue weighted by Gasteiger charge is -2.24. The van der Waals surface area contributed by atoms with Crippen LogP contribution in [0.4, 0.5) is 15.9 Å². The number of benzene rings is 2. The average Bonchev–Trinajstić information content (AvgIpc) is 2.80. The molecule has 1 atom stereocenters. The van der Waals surface area contributed by atoms with Gasteiger partial charge in [-0.05, 0) is 43.1 Å². The summed E-state index contributed by atoms with van der Waals surface area (Å²) in [6.45, 7) is 0.838. The Bertz CT molecular complexity index is 1290. The lowest BCUT2D eigenvalue weighted by atomic mass is 9.97. The number of aromatic nitrogens is 2. The second-order valence-corrected chi connectivity index (χ2v) is 8.66. The van der Waals surface area contributed by atoms with E-state index in [0.29, 0.717) is 11.3 Å². The van der Waals surface area contributed by atoms with Crippen LogP contribution in [0.5, 0.6) is 5.75 Å². The van der Waals surface area contributed by atoms with E-state index in [1.54, 1.807) is 6.07 Å². The van der Waals surface area contributed by atoms with Gasteiger partial charge in [0, 0.05) is 23.9 Å². The number of carbonyl (C=O) groups is 1. The van der Waals surface area contributed by atoms with E-state index in [0.717, 1.165) is 36.7 Å². The third-order valence-electron chi connectivity index (χ3n) is 5.59. The summed E-state index contributed by atoms with van der Waals surface area (Å²) < 4.78 is 20.5. The molecule has 3 aromatic rings. The number of halogens is 3. The Morgan fingerprint density at radius 3 is 2.62 bits per heavy atom. The van der Waals surface area contributed by atoms with Gasteiger partial charge in [-0.1, -0.05) is 29.6 Å². The van der Waals surface area contributed by atoms with E-state index < -0.39 is 22.8 Å². The molecule has 0 unspecified atom stereocenters. The van der Waals surface area contributed by atoms with Crippen molar-refractivity contribution in [1.29, 1.82) is 0 Å². The number of rotatable bonds is 5. The molecule has 0 aliphatic carbocycles. The third kappa shape index (κ3) is 4.86. The predicted molar refractivity (Wildman–Crippen MR) is 130 cm³/mol. The molecule has 1 fully saturated rings. The molecular weight excluding hydrogens is 484 g/mol. The fourth-order valence-electron chi connectivity index (χ4n) is 3.95.